The Bertz CT molecular complexity index is 425. The van der Waals surface area contributed by atoms with E-state index in [1.54, 1.807) is 0 Å². The highest BCUT2D eigenvalue weighted by molar-refractivity contribution is 7.94. The monoisotopic (exact) mass is 244 g/mol. The third-order valence-corrected chi connectivity index (χ3v) is 2.32. The standard InChI is InChI=1S/C9H9FN2O3S/c10-16-6-3-1-2-5(8(6)11)9(15)12-4-7(13)14/h1-3H,4,11H2,(H,12,15)(H,13,14). The number of carbonyl (C=O) groups is 2. The van der Waals surface area contributed by atoms with E-state index in [4.69, 9.17) is 10.8 Å². The molecular formula is C9H9FN2O3S. The minimum absolute atomic E-state index is 0.00195. The Hall–Kier alpha value is -1.76. The van der Waals surface area contributed by atoms with Gasteiger partial charge < -0.3 is 16.2 Å². The van der Waals surface area contributed by atoms with Crippen LogP contribution in [0.3, 0.4) is 0 Å². The molecule has 0 aliphatic rings. The SMILES string of the molecule is Nc1c(SF)cccc1C(=O)NCC(=O)O. The molecule has 1 rings (SSSR count). The number of para-hydroxylation sites is 1. The van der Waals surface area contributed by atoms with Crippen LogP contribution in [0.15, 0.2) is 23.1 Å². The molecule has 0 saturated heterocycles. The van der Waals surface area contributed by atoms with Crippen molar-refractivity contribution in [2.75, 3.05) is 12.3 Å². The minimum Gasteiger partial charge on any atom is -0.480 e. The van der Waals surface area contributed by atoms with E-state index in [1.807, 2.05) is 0 Å². The van der Waals surface area contributed by atoms with E-state index < -0.39 is 18.4 Å². The van der Waals surface area contributed by atoms with Crippen molar-refractivity contribution in [3.05, 3.63) is 23.8 Å². The van der Waals surface area contributed by atoms with Gasteiger partial charge in [-0.25, -0.2) is 0 Å². The molecule has 0 bridgehead atoms. The molecule has 0 aliphatic heterocycles. The van der Waals surface area contributed by atoms with Gasteiger partial charge in [0, 0.05) is 0 Å². The largest absolute Gasteiger partial charge is 0.480 e. The van der Waals surface area contributed by atoms with Crippen molar-refractivity contribution in [2.45, 2.75) is 4.90 Å². The summed E-state index contributed by atoms with van der Waals surface area (Å²) in [7, 11) is 0. The molecule has 0 spiro atoms. The van der Waals surface area contributed by atoms with Crippen molar-refractivity contribution < 1.29 is 18.6 Å². The number of halogens is 1. The molecule has 7 heteroatoms. The van der Waals surface area contributed by atoms with Crippen molar-refractivity contribution in [1.82, 2.24) is 5.32 Å². The second kappa shape index (κ2) is 5.36. The van der Waals surface area contributed by atoms with Crippen LogP contribution in [0.1, 0.15) is 10.4 Å². The molecule has 0 radical (unpaired) electrons. The Labute approximate surface area is 95.1 Å². The number of hydrogen-bond donors (Lipinski definition) is 3. The van der Waals surface area contributed by atoms with Gasteiger partial charge in [0.2, 0.25) is 0 Å². The summed E-state index contributed by atoms with van der Waals surface area (Å²) < 4.78 is 12.4. The zero-order chi connectivity index (χ0) is 12.1. The van der Waals surface area contributed by atoms with Crippen LogP contribution in [0.25, 0.3) is 0 Å². The number of nitrogen functional groups attached to an aromatic ring is 1. The van der Waals surface area contributed by atoms with Crippen LogP contribution in [-0.2, 0) is 4.79 Å². The number of aliphatic carboxylic acids is 1. The summed E-state index contributed by atoms with van der Waals surface area (Å²) in [6.07, 6.45) is 0. The van der Waals surface area contributed by atoms with E-state index in [0.717, 1.165) is 0 Å². The van der Waals surface area contributed by atoms with Gasteiger partial charge in [0.1, 0.15) is 6.54 Å². The van der Waals surface area contributed by atoms with Crippen LogP contribution in [0.2, 0.25) is 0 Å². The maximum absolute atomic E-state index is 12.4. The molecular weight excluding hydrogens is 235 g/mol. The second-order valence-corrected chi connectivity index (χ2v) is 3.47. The highest BCUT2D eigenvalue weighted by atomic mass is 32.2. The van der Waals surface area contributed by atoms with Gasteiger partial charge in [-0.3, -0.25) is 9.59 Å². The van der Waals surface area contributed by atoms with Crippen LogP contribution in [0.5, 0.6) is 0 Å². The number of carbonyl (C=O) groups excluding carboxylic acids is 1. The van der Waals surface area contributed by atoms with Crippen LogP contribution in [0, 0.1) is 0 Å². The van der Waals surface area contributed by atoms with Crippen molar-refractivity contribution in [1.29, 1.82) is 0 Å². The number of benzene rings is 1. The molecule has 1 amide bonds. The lowest BCUT2D eigenvalue weighted by molar-refractivity contribution is -0.135. The molecule has 0 fully saturated rings. The number of carboxylic acids is 1. The van der Waals surface area contributed by atoms with Crippen molar-refractivity contribution >= 4 is 29.7 Å². The molecule has 5 nitrogen and oxygen atoms in total. The second-order valence-electron chi connectivity index (χ2n) is 2.87. The number of hydrogen-bond acceptors (Lipinski definition) is 4. The minimum atomic E-state index is -1.16. The fraction of sp³-hybridized carbons (Fsp3) is 0.111. The highest BCUT2D eigenvalue weighted by Crippen LogP contribution is 2.28. The number of anilines is 1. The molecule has 0 aromatic heterocycles. The van der Waals surface area contributed by atoms with E-state index in [2.05, 4.69) is 5.32 Å². The van der Waals surface area contributed by atoms with Crippen molar-refractivity contribution in [3.8, 4) is 0 Å². The number of nitrogens with one attached hydrogen (secondary N) is 1. The summed E-state index contributed by atoms with van der Waals surface area (Å²) in [5.41, 5.74) is 5.59. The van der Waals surface area contributed by atoms with Crippen molar-refractivity contribution in [3.63, 3.8) is 0 Å². The van der Waals surface area contributed by atoms with E-state index in [0.29, 0.717) is 0 Å². The molecule has 0 atom stereocenters. The van der Waals surface area contributed by atoms with Gasteiger partial charge in [-0.05, 0) is 12.1 Å². The summed E-state index contributed by atoms with van der Waals surface area (Å²) in [5.74, 6) is -1.81. The predicted molar refractivity (Wildman–Crippen MR) is 57.8 cm³/mol. The Morgan fingerprint density at radius 3 is 2.75 bits per heavy atom. The summed E-state index contributed by atoms with van der Waals surface area (Å²) >= 11 is -0.0699. The Kier molecular flexibility index (Phi) is 4.12. The van der Waals surface area contributed by atoms with E-state index in [-0.39, 0.29) is 28.3 Å². The first kappa shape index (κ1) is 12.3. The van der Waals surface area contributed by atoms with Gasteiger partial charge in [-0.15, -0.1) is 0 Å². The van der Waals surface area contributed by atoms with Crippen LogP contribution < -0.4 is 11.1 Å². The number of amides is 1. The summed E-state index contributed by atoms with van der Waals surface area (Å²) in [6.45, 7) is -0.509. The molecule has 0 saturated carbocycles. The lowest BCUT2D eigenvalue weighted by Crippen LogP contribution is -2.29. The molecule has 4 N–H and O–H groups in total. The van der Waals surface area contributed by atoms with E-state index in [1.165, 1.54) is 18.2 Å². The quantitative estimate of drug-likeness (QED) is 0.689. The third kappa shape index (κ3) is 2.86. The summed E-state index contributed by atoms with van der Waals surface area (Å²) in [4.78, 5) is 21.8. The lowest BCUT2D eigenvalue weighted by Gasteiger charge is -2.07. The van der Waals surface area contributed by atoms with E-state index >= 15 is 0 Å². The molecule has 86 valence electrons. The highest BCUT2D eigenvalue weighted by Gasteiger charge is 2.13. The third-order valence-electron chi connectivity index (χ3n) is 1.79. The summed E-state index contributed by atoms with van der Waals surface area (Å²) in [5, 5.41) is 10.5. The molecule has 1 aromatic carbocycles. The average Bonchev–Trinajstić information content (AvgIpc) is 2.26. The molecule has 0 heterocycles. The van der Waals surface area contributed by atoms with Crippen LogP contribution >= 0.6 is 12.1 Å². The molecule has 16 heavy (non-hydrogen) atoms. The Balaban J connectivity index is 2.87. The molecule has 0 unspecified atom stereocenters. The van der Waals surface area contributed by atoms with E-state index in [9.17, 15) is 13.5 Å². The predicted octanol–water partition coefficient (Wildman–Crippen LogP) is 1.06. The maximum Gasteiger partial charge on any atom is 0.322 e. The molecule has 0 aliphatic carbocycles. The first-order chi connectivity index (χ1) is 7.56. The Morgan fingerprint density at radius 1 is 1.50 bits per heavy atom. The first-order valence-corrected chi connectivity index (χ1v) is 4.95. The fourth-order valence-corrected chi connectivity index (χ4v) is 1.38. The van der Waals surface area contributed by atoms with Gasteiger partial charge >= 0.3 is 5.97 Å². The smallest absolute Gasteiger partial charge is 0.322 e. The lowest BCUT2D eigenvalue weighted by atomic mass is 10.1. The van der Waals surface area contributed by atoms with Crippen LogP contribution in [-0.4, -0.2) is 23.5 Å². The van der Waals surface area contributed by atoms with Crippen LogP contribution in [0.4, 0.5) is 9.57 Å². The van der Waals surface area contributed by atoms with Gasteiger partial charge in [0.15, 0.2) is 0 Å². The normalized spacial score (nSPS) is 9.81. The zero-order valence-corrected chi connectivity index (χ0v) is 8.88. The van der Waals surface area contributed by atoms with Gasteiger partial charge in [0.05, 0.1) is 28.3 Å². The van der Waals surface area contributed by atoms with Gasteiger partial charge in [0.25, 0.3) is 5.91 Å². The topological polar surface area (TPSA) is 92.4 Å². The van der Waals surface area contributed by atoms with Gasteiger partial charge in [-0.1, -0.05) is 6.07 Å². The number of rotatable bonds is 4. The average molecular weight is 244 g/mol. The Morgan fingerprint density at radius 2 is 2.19 bits per heavy atom. The number of nitrogens with two attached hydrogens (primary N) is 1. The first-order valence-electron chi connectivity index (χ1n) is 4.23. The van der Waals surface area contributed by atoms with Gasteiger partial charge in [-0.2, -0.15) is 3.89 Å². The molecule has 1 aromatic rings. The fourth-order valence-electron chi connectivity index (χ4n) is 1.06. The summed E-state index contributed by atoms with van der Waals surface area (Å²) in [6, 6.07) is 4.29. The zero-order valence-electron chi connectivity index (χ0n) is 8.07. The van der Waals surface area contributed by atoms with Crippen molar-refractivity contribution in [2.24, 2.45) is 0 Å². The number of carboxylic acid groups (broad SMARTS) is 1. The maximum atomic E-state index is 12.4.